The van der Waals surface area contributed by atoms with E-state index in [2.05, 4.69) is 33.9 Å². The summed E-state index contributed by atoms with van der Waals surface area (Å²) in [5, 5.41) is 8.05. The van der Waals surface area contributed by atoms with E-state index in [0.717, 1.165) is 55.6 Å². The zero-order valence-corrected chi connectivity index (χ0v) is 20.4. The molecule has 178 valence electrons. The number of ether oxygens (including phenoxy) is 4. The van der Waals surface area contributed by atoms with Crippen molar-refractivity contribution in [1.29, 1.82) is 5.41 Å². The van der Waals surface area contributed by atoms with E-state index in [9.17, 15) is 0 Å². The maximum Gasteiger partial charge on any atom is 0.164 e. The molecule has 3 saturated heterocycles. The molecule has 0 aromatic carbocycles. The molecule has 5 atom stereocenters. The highest BCUT2D eigenvalue weighted by atomic mass is 32.2. The van der Waals surface area contributed by atoms with Crippen LogP contribution >= 0.6 is 11.8 Å². The van der Waals surface area contributed by atoms with Gasteiger partial charge in [0.05, 0.1) is 18.9 Å². The minimum atomic E-state index is -0.648. The Balaban J connectivity index is 1.54. The number of rotatable bonds is 7. The Labute approximate surface area is 194 Å². The van der Waals surface area contributed by atoms with E-state index in [1.165, 1.54) is 11.8 Å². The molecule has 3 aliphatic heterocycles. The van der Waals surface area contributed by atoms with Crippen molar-refractivity contribution >= 4 is 23.1 Å². The molecule has 1 aromatic rings. The zero-order chi connectivity index (χ0) is 22.9. The van der Waals surface area contributed by atoms with Gasteiger partial charge in [0.25, 0.3) is 0 Å². The number of likely N-dealkylation sites (N-methyl/N-ethyl adjacent to an activating group) is 1. The molecular formula is C22H35N5O4S. The van der Waals surface area contributed by atoms with Gasteiger partial charge in [-0.05, 0) is 46.3 Å². The van der Waals surface area contributed by atoms with Crippen LogP contribution in [0.25, 0.3) is 0 Å². The fraction of sp³-hybridized carbons (Fsp3) is 0.727. The van der Waals surface area contributed by atoms with Crippen molar-refractivity contribution in [3.63, 3.8) is 0 Å². The van der Waals surface area contributed by atoms with Crippen LogP contribution in [0.5, 0.6) is 0 Å². The second-order valence-corrected chi connectivity index (χ2v) is 10.0. The summed E-state index contributed by atoms with van der Waals surface area (Å²) in [6, 6.07) is 4.33. The highest BCUT2D eigenvalue weighted by molar-refractivity contribution is 8.13. The van der Waals surface area contributed by atoms with Gasteiger partial charge in [-0.3, -0.25) is 10.3 Å². The summed E-state index contributed by atoms with van der Waals surface area (Å²) < 4.78 is 25.0. The molecule has 9 nitrogen and oxygen atoms in total. The van der Waals surface area contributed by atoms with Gasteiger partial charge in [0.2, 0.25) is 0 Å². The molecular weight excluding hydrogens is 430 g/mol. The van der Waals surface area contributed by atoms with Crippen molar-refractivity contribution in [3.05, 3.63) is 23.5 Å². The minimum Gasteiger partial charge on any atom is -0.378 e. The first-order valence-corrected chi connectivity index (χ1v) is 12.3. The normalized spacial score (nSPS) is 33.1. The van der Waals surface area contributed by atoms with E-state index >= 15 is 0 Å². The largest absolute Gasteiger partial charge is 0.378 e. The summed E-state index contributed by atoms with van der Waals surface area (Å²) in [6.45, 7) is 8.00. The topological polar surface area (TPSA) is 95.4 Å². The van der Waals surface area contributed by atoms with Crippen LogP contribution in [0, 0.1) is 5.41 Å². The number of hydrogen-bond donors (Lipinski definition) is 2. The average Bonchev–Trinajstić information content (AvgIpc) is 3.41. The summed E-state index contributed by atoms with van der Waals surface area (Å²) in [5.41, 5.74) is 1.81. The Kier molecular flexibility index (Phi) is 7.40. The Bertz CT molecular complexity index is 829. The van der Waals surface area contributed by atoms with E-state index in [4.69, 9.17) is 24.4 Å². The molecule has 0 spiro atoms. The van der Waals surface area contributed by atoms with Crippen LogP contribution in [-0.4, -0.2) is 110 Å². The maximum atomic E-state index is 7.29. The van der Waals surface area contributed by atoms with E-state index in [-0.39, 0.29) is 24.4 Å². The van der Waals surface area contributed by atoms with Crippen LogP contribution in [0.15, 0.2) is 17.1 Å². The monoisotopic (exact) mass is 465 g/mol. The number of aliphatic imine (C=N–C) groups is 1. The molecule has 0 bridgehead atoms. The standard InChI is InChI=1S/C22H35N5O4S/c1-22(2)30-19-17(11-27-8-9-28-12-14(27)10-26(3)4)29-18(20(19)31-22)15-6-7-16(25-15)21(32-5)24-13-23/h6-7,13-14,17-20,23,25H,8-12H2,1-5H3/t14-,17-,18+,19-,20+/m1/s1. The molecule has 4 rings (SSSR count). The van der Waals surface area contributed by atoms with Gasteiger partial charge >= 0.3 is 0 Å². The number of hydrogen-bond acceptors (Lipinski definition) is 8. The molecule has 32 heavy (non-hydrogen) atoms. The molecule has 0 saturated carbocycles. The summed E-state index contributed by atoms with van der Waals surface area (Å²) in [6.07, 6.45) is 2.33. The van der Waals surface area contributed by atoms with E-state index in [0.29, 0.717) is 6.04 Å². The van der Waals surface area contributed by atoms with Gasteiger partial charge in [0, 0.05) is 31.4 Å². The fourth-order valence-corrected chi connectivity index (χ4v) is 5.32. The van der Waals surface area contributed by atoms with E-state index in [1.807, 2.05) is 32.2 Å². The highest BCUT2D eigenvalue weighted by Crippen LogP contribution is 2.45. The molecule has 10 heteroatoms. The summed E-state index contributed by atoms with van der Waals surface area (Å²) in [7, 11) is 4.18. The lowest BCUT2D eigenvalue weighted by Gasteiger charge is -2.38. The molecule has 0 aliphatic carbocycles. The number of aromatic amines is 1. The molecule has 2 N–H and O–H groups in total. The second-order valence-electron chi connectivity index (χ2n) is 9.24. The van der Waals surface area contributed by atoms with Crippen molar-refractivity contribution in [1.82, 2.24) is 14.8 Å². The van der Waals surface area contributed by atoms with Crippen LogP contribution in [-0.2, 0) is 18.9 Å². The average molecular weight is 466 g/mol. The quantitative estimate of drug-likeness (QED) is 0.469. The molecule has 1 aromatic heterocycles. The number of H-pyrrole nitrogens is 1. The van der Waals surface area contributed by atoms with Crippen molar-refractivity contribution in [2.75, 3.05) is 53.2 Å². The van der Waals surface area contributed by atoms with Crippen molar-refractivity contribution in [3.8, 4) is 0 Å². The summed E-state index contributed by atoms with van der Waals surface area (Å²) >= 11 is 1.50. The van der Waals surface area contributed by atoms with Gasteiger partial charge in [0.1, 0.15) is 35.8 Å². The first kappa shape index (κ1) is 23.9. The number of nitrogens with zero attached hydrogens (tertiary/aromatic N) is 3. The Morgan fingerprint density at radius 3 is 2.84 bits per heavy atom. The van der Waals surface area contributed by atoms with Crippen molar-refractivity contribution in [2.24, 2.45) is 4.99 Å². The first-order valence-electron chi connectivity index (χ1n) is 11.1. The number of morpholine rings is 1. The molecule has 0 amide bonds. The zero-order valence-electron chi connectivity index (χ0n) is 19.5. The molecule has 0 radical (unpaired) electrons. The van der Waals surface area contributed by atoms with Crippen LogP contribution in [0.3, 0.4) is 0 Å². The van der Waals surface area contributed by atoms with Crippen molar-refractivity contribution in [2.45, 2.75) is 50.1 Å². The third kappa shape index (κ3) is 5.11. The first-order chi connectivity index (χ1) is 15.3. The van der Waals surface area contributed by atoms with Crippen LogP contribution in [0.2, 0.25) is 0 Å². The van der Waals surface area contributed by atoms with Gasteiger partial charge < -0.3 is 28.8 Å². The van der Waals surface area contributed by atoms with Gasteiger partial charge in [0.15, 0.2) is 5.79 Å². The lowest BCUT2D eigenvalue weighted by molar-refractivity contribution is -0.191. The fourth-order valence-electron chi connectivity index (χ4n) is 4.82. The lowest BCUT2D eigenvalue weighted by atomic mass is 10.0. The maximum absolute atomic E-state index is 7.29. The number of aromatic nitrogens is 1. The Morgan fingerprint density at radius 1 is 1.34 bits per heavy atom. The summed E-state index contributed by atoms with van der Waals surface area (Å²) in [5.74, 6) is -0.648. The third-order valence-electron chi connectivity index (χ3n) is 6.11. The van der Waals surface area contributed by atoms with Crippen molar-refractivity contribution < 1.29 is 18.9 Å². The van der Waals surface area contributed by atoms with E-state index in [1.54, 1.807) is 0 Å². The van der Waals surface area contributed by atoms with Gasteiger partial charge in [-0.1, -0.05) is 0 Å². The van der Waals surface area contributed by atoms with Crippen LogP contribution < -0.4 is 0 Å². The van der Waals surface area contributed by atoms with Gasteiger partial charge in [-0.2, -0.15) is 0 Å². The van der Waals surface area contributed by atoms with E-state index < -0.39 is 5.79 Å². The smallest absolute Gasteiger partial charge is 0.164 e. The number of nitrogens with one attached hydrogen (secondary N) is 2. The van der Waals surface area contributed by atoms with Gasteiger partial charge in [-0.25, -0.2) is 4.99 Å². The number of thioether (sulfide) groups is 1. The highest BCUT2D eigenvalue weighted by Gasteiger charge is 2.56. The van der Waals surface area contributed by atoms with Crippen LogP contribution in [0.4, 0.5) is 0 Å². The SMILES string of the molecule is CSC(=NC=N)c1ccc([C@@H]2O[C@H](CN3CCOC[C@H]3CN(C)C)[C@H]3OC(C)(C)O[C@H]32)[nH]1. The van der Waals surface area contributed by atoms with Gasteiger partial charge in [-0.15, -0.1) is 11.8 Å². The lowest BCUT2D eigenvalue weighted by Crippen LogP contribution is -2.53. The molecule has 3 fully saturated rings. The Hall–Kier alpha value is -1.27. The summed E-state index contributed by atoms with van der Waals surface area (Å²) in [4.78, 5) is 12.2. The molecule has 0 unspecified atom stereocenters. The molecule has 3 aliphatic rings. The molecule has 4 heterocycles. The third-order valence-corrected chi connectivity index (χ3v) is 6.82. The number of fused-ring (bicyclic) bond motifs is 1. The predicted octanol–water partition coefficient (Wildman–Crippen LogP) is 1.95. The minimum absolute atomic E-state index is 0.100. The predicted molar refractivity (Wildman–Crippen MR) is 126 cm³/mol. The second kappa shape index (κ2) is 9.92. The van der Waals surface area contributed by atoms with Crippen LogP contribution in [0.1, 0.15) is 31.3 Å². The Morgan fingerprint density at radius 2 is 2.12 bits per heavy atom.